The lowest BCUT2D eigenvalue weighted by Crippen LogP contribution is -2.09. The van der Waals surface area contributed by atoms with Crippen LogP contribution in [0.15, 0.2) is 12.2 Å². The van der Waals surface area contributed by atoms with Gasteiger partial charge in [0.15, 0.2) is 0 Å². The Kier molecular flexibility index (Phi) is 3.48. The van der Waals surface area contributed by atoms with E-state index in [1.54, 1.807) is 6.92 Å². The molecule has 3 nitrogen and oxygen atoms in total. The molecule has 2 unspecified atom stereocenters. The lowest BCUT2D eigenvalue weighted by Gasteiger charge is -1.98. The van der Waals surface area contributed by atoms with E-state index < -0.39 is 0 Å². The van der Waals surface area contributed by atoms with Crippen molar-refractivity contribution < 1.29 is 14.3 Å². The molecule has 0 radical (unpaired) electrons. The van der Waals surface area contributed by atoms with Crippen LogP contribution in [-0.4, -0.2) is 18.4 Å². The van der Waals surface area contributed by atoms with Crippen molar-refractivity contribution in [3.63, 3.8) is 0 Å². The molecule has 0 aliphatic carbocycles. The van der Waals surface area contributed by atoms with E-state index in [4.69, 9.17) is 9.47 Å². The van der Waals surface area contributed by atoms with Crippen LogP contribution >= 0.6 is 0 Å². The lowest BCUT2D eigenvalue weighted by atomic mass is 10.2. The standard InChI is InChI=1S/C10H16O3/c1-4-5-6-8-10(12-8)13-9(11)7(2)3/h8,10H,2,4-6H2,1,3H3. The first kappa shape index (κ1) is 10.3. The molecule has 3 heteroatoms. The van der Waals surface area contributed by atoms with Crippen molar-refractivity contribution in [1.82, 2.24) is 0 Å². The molecule has 74 valence electrons. The van der Waals surface area contributed by atoms with Crippen LogP contribution in [0.3, 0.4) is 0 Å². The monoisotopic (exact) mass is 184 g/mol. The van der Waals surface area contributed by atoms with E-state index in [0.717, 1.165) is 19.3 Å². The zero-order valence-electron chi connectivity index (χ0n) is 8.21. The second-order valence-corrected chi connectivity index (χ2v) is 3.37. The third-order valence-electron chi connectivity index (χ3n) is 1.95. The van der Waals surface area contributed by atoms with E-state index in [2.05, 4.69) is 13.5 Å². The maximum Gasteiger partial charge on any atom is 0.335 e. The molecule has 1 fully saturated rings. The summed E-state index contributed by atoms with van der Waals surface area (Å²) >= 11 is 0. The second-order valence-electron chi connectivity index (χ2n) is 3.37. The summed E-state index contributed by atoms with van der Waals surface area (Å²) in [6.07, 6.45) is 3.05. The number of hydrogen-bond donors (Lipinski definition) is 0. The molecule has 0 bridgehead atoms. The molecular formula is C10H16O3. The molecule has 0 saturated carbocycles. The fourth-order valence-corrected chi connectivity index (χ4v) is 1.05. The molecule has 0 aromatic heterocycles. The minimum atomic E-state index is -0.357. The number of unbranched alkanes of at least 4 members (excludes halogenated alkanes) is 1. The van der Waals surface area contributed by atoms with Gasteiger partial charge in [-0.15, -0.1) is 0 Å². The lowest BCUT2D eigenvalue weighted by molar-refractivity contribution is -0.143. The van der Waals surface area contributed by atoms with Crippen molar-refractivity contribution in [2.75, 3.05) is 0 Å². The number of carbonyl (C=O) groups is 1. The predicted molar refractivity (Wildman–Crippen MR) is 49.1 cm³/mol. The topological polar surface area (TPSA) is 38.8 Å². The van der Waals surface area contributed by atoms with Crippen LogP contribution in [0.25, 0.3) is 0 Å². The minimum Gasteiger partial charge on any atom is -0.429 e. The summed E-state index contributed by atoms with van der Waals surface area (Å²) in [6, 6.07) is 0. The van der Waals surface area contributed by atoms with E-state index in [9.17, 15) is 4.79 Å². The van der Waals surface area contributed by atoms with Gasteiger partial charge in [0.2, 0.25) is 6.29 Å². The summed E-state index contributed by atoms with van der Waals surface area (Å²) in [4.78, 5) is 11.0. The van der Waals surface area contributed by atoms with Gasteiger partial charge in [0.1, 0.15) is 6.10 Å². The van der Waals surface area contributed by atoms with Crippen molar-refractivity contribution >= 4 is 5.97 Å². The smallest absolute Gasteiger partial charge is 0.335 e. The summed E-state index contributed by atoms with van der Waals surface area (Å²) in [6.45, 7) is 7.25. The van der Waals surface area contributed by atoms with E-state index in [1.165, 1.54) is 0 Å². The van der Waals surface area contributed by atoms with Gasteiger partial charge in [0.05, 0.1) is 0 Å². The third kappa shape index (κ3) is 3.19. The largest absolute Gasteiger partial charge is 0.429 e. The average molecular weight is 184 g/mol. The van der Waals surface area contributed by atoms with Gasteiger partial charge in [-0.1, -0.05) is 26.3 Å². The summed E-state index contributed by atoms with van der Waals surface area (Å²) in [5.74, 6) is -0.357. The zero-order chi connectivity index (χ0) is 9.84. The number of hydrogen-bond acceptors (Lipinski definition) is 3. The first-order valence-electron chi connectivity index (χ1n) is 4.67. The zero-order valence-corrected chi connectivity index (χ0v) is 8.21. The Labute approximate surface area is 78.7 Å². The Hall–Kier alpha value is -0.830. The molecule has 1 heterocycles. The van der Waals surface area contributed by atoms with Gasteiger partial charge >= 0.3 is 5.97 Å². The van der Waals surface area contributed by atoms with E-state index in [0.29, 0.717) is 5.57 Å². The Balaban J connectivity index is 2.13. The van der Waals surface area contributed by atoms with Crippen LogP contribution in [0.4, 0.5) is 0 Å². The van der Waals surface area contributed by atoms with Crippen molar-refractivity contribution in [2.45, 2.75) is 45.5 Å². The van der Waals surface area contributed by atoms with Gasteiger partial charge in [0.25, 0.3) is 0 Å². The van der Waals surface area contributed by atoms with Crippen LogP contribution in [0.2, 0.25) is 0 Å². The molecule has 0 aromatic rings. The summed E-state index contributed by atoms with van der Waals surface area (Å²) in [5.41, 5.74) is 0.421. The molecular weight excluding hydrogens is 168 g/mol. The first-order valence-corrected chi connectivity index (χ1v) is 4.67. The Bertz CT molecular complexity index is 210. The van der Waals surface area contributed by atoms with Gasteiger partial charge in [-0.3, -0.25) is 0 Å². The average Bonchev–Trinajstić information content (AvgIpc) is 2.80. The highest BCUT2D eigenvalue weighted by Gasteiger charge is 2.41. The number of epoxide rings is 1. The maximum atomic E-state index is 11.0. The highest BCUT2D eigenvalue weighted by Crippen LogP contribution is 2.28. The van der Waals surface area contributed by atoms with Crippen LogP contribution in [0.5, 0.6) is 0 Å². The molecule has 13 heavy (non-hydrogen) atoms. The fraction of sp³-hybridized carbons (Fsp3) is 0.700. The van der Waals surface area contributed by atoms with Crippen LogP contribution < -0.4 is 0 Å². The molecule has 0 amide bonds. The maximum absolute atomic E-state index is 11.0. The molecule has 1 aliphatic heterocycles. The number of ether oxygens (including phenoxy) is 2. The number of carbonyl (C=O) groups excluding carboxylic acids is 1. The fourth-order valence-electron chi connectivity index (χ4n) is 1.05. The van der Waals surface area contributed by atoms with E-state index in [1.807, 2.05) is 0 Å². The minimum absolute atomic E-state index is 0.128. The molecule has 0 N–H and O–H groups in total. The molecule has 1 rings (SSSR count). The number of rotatable bonds is 5. The Morgan fingerprint density at radius 2 is 2.31 bits per heavy atom. The van der Waals surface area contributed by atoms with Gasteiger partial charge in [-0.25, -0.2) is 4.79 Å². The van der Waals surface area contributed by atoms with Gasteiger partial charge < -0.3 is 9.47 Å². The summed E-state index contributed by atoms with van der Waals surface area (Å²) in [7, 11) is 0. The van der Waals surface area contributed by atoms with E-state index in [-0.39, 0.29) is 18.4 Å². The normalized spacial score (nSPS) is 25.4. The Morgan fingerprint density at radius 1 is 1.62 bits per heavy atom. The highest BCUT2D eigenvalue weighted by molar-refractivity contribution is 5.87. The van der Waals surface area contributed by atoms with Crippen molar-refractivity contribution in [3.8, 4) is 0 Å². The van der Waals surface area contributed by atoms with Crippen molar-refractivity contribution in [2.24, 2.45) is 0 Å². The van der Waals surface area contributed by atoms with Crippen molar-refractivity contribution in [1.29, 1.82) is 0 Å². The van der Waals surface area contributed by atoms with Gasteiger partial charge in [-0.05, 0) is 13.3 Å². The SMILES string of the molecule is C=C(C)C(=O)OC1OC1CCCC. The molecule has 1 saturated heterocycles. The highest BCUT2D eigenvalue weighted by atomic mass is 16.8. The quantitative estimate of drug-likeness (QED) is 0.373. The second kappa shape index (κ2) is 4.42. The molecule has 0 spiro atoms. The van der Waals surface area contributed by atoms with Crippen molar-refractivity contribution in [3.05, 3.63) is 12.2 Å². The van der Waals surface area contributed by atoms with Crippen LogP contribution in [0, 0.1) is 0 Å². The molecule has 0 aromatic carbocycles. The number of esters is 1. The van der Waals surface area contributed by atoms with Gasteiger partial charge in [-0.2, -0.15) is 0 Å². The van der Waals surface area contributed by atoms with Crippen LogP contribution in [0.1, 0.15) is 33.1 Å². The summed E-state index contributed by atoms with van der Waals surface area (Å²) < 4.78 is 10.1. The van der Waals surface area contributed by atoms with Crippen LogP contribution in [-0.2, 0) is 14.3 Å². The van der Waals surface area contributed by atoms with E-state index >= 15 is 0 Å². The third-order valence-corrected chi connectivity index (χ3v) is 1.95. The molecule has 2 atom stereocenters. The Morgan fingerprint density at radius 3 is 2.85 bits per heavy atom. The summed E-state index contributed by atoms with van der Waals surface area (Å²) in [5, 5.41) is 0. The first-order chi connectivity index (χ1) is 6.15. The van der Waals surface area contributed by atoms with Gasteiger partial charge in [0, 0.05) is 5.57 Å². The predicted octanol–water partition coefficient (Wildman–Crippen LogP) is 2.02. The molecule has 1 aliphatic rings.